The van der Waals surface area contributed by atoms with Crippen LogP contribution in [0.15, 0.2) is 24.3 Å². The lowest BCUT2D eigenvalue weighted by atomic mass is 10.1. The molecule has 0 spiro atoms. The van der Waals surface area contributed by atoms with Crippen molar-refractivity contribution in [3.63, 3.8) is 0 Å². The fourth-order valence-corrected chi connectivity index (χ4v) is 2.90. The van der Waals surface area contributed by atoms with Crippen molar-refractivity contribution in [3.8, 4) is 0 Å². The molecule has 2 atom stereocenters. The number of nitrogens with one attached hydrogen (secondary N) is 1. The van der Waals surface area contributed by atoms with Gasteiger partial charge in [0.1, 0.15) is 0 Å². The van der Waals surface area contributed by atoms with E-state index in [4.69, 9.17) is 0 Å². The molecular weight excluding hydrogens is 274 g/mol. The first-order valence-corrected chi connectivity index (χ1v) is 8.38. The van der Waals surface area contributed by atoms with Crippen LogP contribution in [-0.2, 0) is 4.79 Å². The maximum absolute atomic E-state index is 12.3. The molecule has 1 N–H and O–H groups in total. The van der Waals surface area contributed by atoms with E-state index in [1.165, 1.54) is 11.3 Å². The maximum atomic E-state index is 12.3. The number of nitrogens with zero attached hydrogens (tertiary/aromatic N) is 2. The first-order chi connectivity index (χ1) is 10.5. The first kappa shape index (κ1) is 16.8. The minimum absolute atomic E-state index is 0.0481. The van der Waals surface area contributed by atoms with Crippen molar-refractivity contribution >= 4 is 11.6 Å². The van der Waals surface area contributed by atoms with Gasteiger partial charge >= 0.3 is 0 Å². The van der Waals surface area contributed by atoms with Crippen molar-refractivity contribution in [3.05, 3.63) is 29.8 Å². The molecule has 1 amide bonds. The second-order valence-electron chi connectivity index (χ2n) is 6.30. The summed E-state index contributed by atoms with van der Waals surface area (Å²) >= 11 is 0. The van der Waals surface area contributed by atoms with Gasteiger partial charge in [-0.2, -0.15) is 0 Å². The second kappa shape index (κ2) is 7.63. The summed E-state index contributed by atoms with van der Waals surface area (Å²) in [5, 5.41) is 3.08. The highest BCUT2D eigenvalue weighted by molar-refractivity contribution is 5.81. The van der Waals surface area contributed by atoms with Gasteiger partial charge in [-0.05, 0) is 38.8 Å². The molecule has 0 aliphatic carbocycles. The van der Waals surface area contributed by atoms with Crippen LogP contribution in [0.2, 0.25) is 0 Å². The summed E-state index contributed by atoms with van der Waals surface area (Å²) in [6, 6.07) is 8.72. The van der Waals surface area contributed by atoms with Gasteiger partial charge < -0.3 is 10.2 Å². The Hall–Kier alpha value is -1.55. The second-order valence-corrected chi connectivity index (χ2v) is 6.30. The van der Waals surface area contributed by atoms with E-state index in [1.54, 1.807) is 0 Å². The van der Waals surface area contributed by atoms with Crippen molar-refractivity contribution in [2.24, 2.45) is 0 Å². The zero-order valence-electron chi connectivity index (χ0n) is 14.3. The van der Waals surface area contributed by atoms with Crippen LogP contribution >= 0.6 is 0 Å². The largest absolute Gasteiger partial charge is 0.369 e. The third-order valence-corrected chi connectivity index (χ3v) is 4.70. The van der Waals surface area contributed by atoms with E-state index >= 15 is 0 Å². The number of anilines is 1. The Morgan fingerprint density at radius 2 is 1.82 bits per heavy atom. The summed E-state index contributed by atoms with van der Waals surface area (Å²) in [6.07, 6.45) is 0.972. The van der Waals surface area contributed by atoms with E-state index in [-0.39, 0.29) is 18.0 Å². The predicted molar refractivity (Wildman–Crippen MR) is 92.3 cm³/mol. The normalized spacial score (nSPS) is 18.8. The minimum atomic E-state index is -0.0481. The number of aryl methyl sites for hydroxylation is 1. The number of para-hydroxylation sites is 1. The topological polar surface area (TPSA) is 35.6 Å². The van der Waals surface area contributed by atoms with E-state index in [9.17, 15) is 4.79 Å². The Labute approximate surface area is 134 Å². The van der Waals surface area contributed by atoms with Crippen LogP contribution in [0, 0.1) is 6.92 Å². The van der Waals surface area contributed by atoms with Crippen molar-refractivity contribution < 1.29 is 4.79 Å². The Bertz CT molecular complexity index is 495. The van der Waals surface area contributed by atoms with Gasteiger partial charge in [0.25, 0.3) is 0 Å². The third-order valence-electron chi connectivity index (χ3n) is 4.70. The predicted octanol–water partition coefficient (Wildman–Crippen LogP) is 2.42. The number of carbonyl (C=O) groups excluding carboxylic acids is 1. The molecule has 1 aliphatic heterocycles. The van der Waals surface area contributed by atoms with Gasteiger partial charge in [0, 0.05) is 37.9 Å². The molecule has 1 heterocycles. The third kappa shape index (κ3) is 4.01. The van der Waals surface area contributed by atoms with Crippen LogP contribution in [0.3, 0.4) is 0 Å². The van der Waals surface area contributed by atoms with Crippen molar-refractivity contribution in [2.45, 2.75) is 46.2 Å². The molecule has 2 unspecified atom stereocenters. The highest BCUT2D eigenvalue weighted by Crippen LogP contribution is 2.21. The molecule has 4 nitrogen and oxygen atoms in total. The van der Waals surface area contributed by atoms with Crippen LogP contribution in [0.25, 0.3) is 0 Å². The molecule has 122 valence electrons. The van der Waals surface area contributed by atoms with Crippen LogP contribution in [0.5, 0.6) is 0 Å². The van der Waals surface area contributed by atoms with Crippen molar-refractivity contribution in [1.29, 1.82) is 0 Å². The lowest BCUT2D eigenvalue weighted by Crippen LogP contribution is -2.54. The van der Waals surface area contributed by atoms with E-state index in [2.05, 4.69) is 60.2 Å². The molecule has 0 radical (unpaired) electrons. The van der Waals surface area contributed by atoms with Gasteiger partial charge in [-0.15, -0.1) is 0 Å². The SMILES string of the molecule is CCC(C)NC(=O)C(C)N1CCN(c2ccccc2C)CC1. The molecule has 0 aromatic heterocycles. The first-order valence-electron chi connectivity index (χ1n) is 8.38. The molecule has 1 aromatic carbocycles. The number of rotatable bonds is 5. The summed E-state index contributed by atoms with van der Waals surface area (Å²) in [4.78, 5) is 17.0. The summed E-state index contributed by atoms with van der Waals surface area (Å²) < 4.78 is 0. The number of piperazine rings is 1. The zero-order valence-corrected chi connectivity index (χ0v) is 14.3. The van der Waals surface area contributed by atoms with Crippen LogP contribution in [-0.4, -0.2) is 49.1 Å². The molecular formula is C18H29N3O. The molecule has 0 bridgehead atoms. The molecule has 1 saturated heterocycles. The lowest BCUT2D eigenvalue weighted by Gasteiger charge is -2.39. The molecule has 1 fully saturated rings. The summed E-state index contributed by atoms with van der Waals surface area (Å²) in [7, 11) is 0. The molecule has 22 heavy (non-hydrogen) atoms. The molecule has 4 heteroatoms. The summed E-state index contributed by atoms with van der Waals surface area (Å²) in [6.45, 7) is 12.1. The fraction of sp³-hybridized carbons (Fsp3) is 0.611. The molecule has 2 rings (SSSR count). The zero-order chi connectivity index (χ0) is 16.1. The highest BCUT2D eigenvalue weighted by atomic mass is 16.2. The van der Waals surface area contributed by atoms with E-state index in [0.717, 1.165) is 32.6 Å². The van der Waals surface area contributed by atoms with Gasteiger partial charge in [-0.25, -0.2) is 0 Å². The monoisotopic (exact) mass is 303 g/mol. The average molecular weight is 303 g/mol. The Balaban J connectivity index is 1.89. The molecule has 1 aromatic rings. The van der Waals surface area contributed by atoms with Gasteiger partial charge in [-0.3, -0.25) is 9.69 Å². The molecule has 0 saturated carbocycles. The number of amides is 1. The standard InChI is InChI=1S/C18H29N3O/c1-5-15(3)19-18(22)16(4)20-10-12-21(13-11-20)17-9-7-6-8-14(17)2/h6-9,15-16H,5,10-13H2,1-4H3,(H,19,22). The fourth-order valence-electron chi connectivity index (χ4n) is 2.90. The maximum Gasteiger partial charge on any atom is 0.237 e. The van der Waals surface area contributed by atoms with Gasteiger partial charge in [0.2, 0.25) is 5.91 Å². The molecule has 1 aliphatic rings. The number of carbonyl (C=O) groups is 1. The van der Waals surface area contributed by atoms with Gasteiger partial charge in [0.15, 0.2) is 0 Å². The number of hydrogen-bond acceptors (Lipinski definition) is 3. The Kier molecular flexibility index (Phi) is 5.83. The lowest BCUT2D eigenvalue weighted by molar-refractivity contribution is -0.126. The van der Waals surface area contributed by atoms with Crippen LogP contribution in [0.4, 0.5) is 5.69 Å². The Morgan fingerprint density at radius 3 is 2.41 bits per heavy atom. The van der Waals surface area contributed by atoms with E-state index < -0.39 is 0 Å². The quantitative estimate of drug-likeness (QED) is 0.907. The van der Waals surface area contributed by atoms with E-state index in [1.807, 2.05) is 6.92 Å². The van der Waals surface area contributed by atoms with Crippen molar-refractivity contribution in [2.75, 3.05) is 31.1 Å². The van der Waals surface area contributed by atoms with Crippen LogP contribution < -0.4 is 10.2 Å². The smallest absolute Gasteiger partial charge is 0.237 e. The average Bonchev–Trinajstić information content (AvgIpc) is 2.54. The van der Waals surface area contributed by atoms with E-state index in [0.29, 0.717) is 0 Å². The summed E-state index contributed by atoms with van der Waals surface area (Å²) in [5.74, 6) is 0.152. The van der Waals surface area contributed by atoms with Crippen molar-refractivity contribution in [1.82, 2.24) is 10.2 Å². The van der Waals surface area contributed by atoms with Gasteiger partial charge in [0.05, 0.1) is 6.04 Å². The number of hydrogen-bond donors (Lipinski definition) is 1. The number of benzene rings is 1. The van der Waals surface area contributed by atoms with Gasteiger partial charge in [-0.1, -0.05) is 25.1 Å². The minimum Gasteiger partial charge on any atom is -0.369 e. The highest BCUT2D eigenvalue weighted by Gasteiger charge is 2.26. The Morgan fingerprint density at radius 1 is 1.18 bits per heavy atom. The van der Waals surface area contributed by atoms with Crippen LogP contribution in [0.1, 0.15) is 32.8 Å². The summed E-state index contributed by atoms with van der Waals surface area (Å²) in [5.41, 5.74) is 2.64.